The van der Waals surface area contributed by atoms with Crippen LogP contribution < -0.4 is 5.32 Å². The van der Waals surface area contributed by atoms with Crippen LogP contribution in [0, 0.1) is 18.4 Å². The van der Waals surface area contributed by atoms with Gasteiger partial charge in [0, 0.05) is 19.3 Å². The fourth-order valence-corrected chi connectivity index (χ4v) is 5.44. The van der Waals surface area contributed by atoms with Gasteiger partial charge in [0.25, 0.3) is 0 Å². The first-order valence-corrected chi connectivity index (χ1v) is 17.3. The summed E-state index contributed by atoms with van der Waals surface area (Å²) in [6, 6.07) is 0. The molecule has 0 saturated carbocycles. The topological polar surface area (TPSA) is 184 Å². The lowest BCUT2D eigenvalue weighted by Gasteiger charge is -2.23. The summed E-state index contributed by atoms with van der Waals surface area (Å²) in [5.74, 6) is 0.979. The number of hydrogen-bond donors (Lipinski definition) is 3. The Hall–Kier alpha value is -3.87. The number of nitrogens with zero attached hydrogens (tertiary/aromatic N) is 4. The molecular formula is C34H50FN5O9. The lowest BCUT2D eigenvalue weighted by Crippen LogP contribution is -2.41. The predicted octanol–water partition coefficient (Wildman–Crippen LogP) is 5.11. The molecule has 1 aliphatic rings. The molecule has 1 aliphatic heterocycles. The second-order valence-electron chi connectivity index (χ2n) is 12.2. The van der Waals surface area contributed by atoms with E-state index in [9.17, 15) is 29.0 Å². The normalized spacial score (nSPS) is 18.8. The summed E-state index contributed by atoms with van der Waals surface area (Å²) in [5, 5.41) is 22.4. The number of hydrogen-bond acceptors (Lipinski definition) is 12. The fourth-order valence-electron chi connectivity index (χ4n) is 5.44. The molecule has 15 heteroatoms. The zero-order valence-electron chi connectivity index (χ0n) is 28.5. The number of halogens is 1. The highest BCUT2D eigenvalue weighted by atomic mass is 19.1. The van der Waals surface area contributed by atoms with Crippen LogP contribution in [0.15, 0.2) is 6.33 Å². The number of aliphatic hydroxyl groups excluding tert-OH is 2. The van der Waals surface area contributed by atoms with Crippen LogP contribution in [0.3, 0.4) is 0 Å². The SMILES string of the molecule is C#C[C@]1(CO)O[C@@H](n2cnc3c(NC(=O)OC(COC(=O)CCCCCCCC)COC(=O)CCCCCCCC)nc(F)nc32)C[C@@H]1O. The van der Waals surface area contributed by atoms with Gasteiger partial charge in [-0.1, -0.05) is 84.0 Å². The van der Waals surface area contributed by atoms with Gasteiger partial charge in [-0.3, -0.25) is 19.5 Å². The van der Waals surface area contributed by atoms with Crippen molar-refractivity contribution >= 4 is 35.0 Å². The van der Waals surface area contributed by atoms with Gasteiger partial charge in [-0.15, -0.1) is 6.42 Å². The summed E-state index contributed by atoms with van der Waals surface area (Å²) < 4.78 is 37.7. The maximum absolute atomic E-state index is 14.6. The summed E-state index contributed by atoms with van der Waals surface area (Å²) in [5.41, 5.74) is -1.79. The van der Waals surface area contributed by atoms with Gasteiger partial charge < -0.3 is 29.2 Å². The second kappa shape index (κ2) is 20.6. The van der Waals surface area contributed by atoms with E-state index in [0.29, 0.717) is 12.8 Å². The Kier molecular flexibility index (Phi) is 16.6. The monoisotopic (exact) mass is 691 g/mol. The van der Waals surface area contributed by atoms with Crippen LogP contribution in [-0.4, -0.2) is 85.4 Å². The van der Waals surface area contributed by atoms with Crippen molar-refractivity contribution in [2.45, 2.75) is 134 Å². The zero-order chi connectivity index (χ0) is 35.6. The molecule has 14 nitrogen and oxygen atoms in total. The minimum atomic E-state index is -1.66. The number of unbranched alkanes of at least 4 members (excludes halogenated alkanes) is 10. The van der Waals surface area contributed by atoms with E-state index in [1.807, 2.05) is 0 Å². The number of amides is 1. The Balaban J connectivity index is 1.63. The summed E-state index contributed by atoms with van der Waals surface area (Å²) >= 11 is 0. The van der Waals surface area contributed by atoms with E-state index in [2.05, 4.69) is 40.0 Å². The molecule has 0 spiro atoms. The minimum absolute atomic E-state index is 0.0362. The Morgan fingerprint density at radius 3 is 2.12 bits per heavy atom. The lowest BCUT2D eigenvalue weighted by atomic mass is 9.99. The second-order valence-corrected chi connectivity index (χ2v) is 12.2. The number of rotatable bonds is 22. The van der Waals surface area contributed by atoms with E-state index >= 15 is 0 Å². The average molecular weight is 692 g/mol. The molecule has 3 N–H and O–H groups in total. The third-order valence-electron chi connectivity index (χ3n) is 8.32. The number of ether oxygens (including phenoxy) is 4. The van der Waals surface area contributed by atoms with Gasteiger partial charge in [-0.25, -0.2) is 9.78 Å². The molecule has 272 valence electrons. The number of fused-ring (bicyclic) bond motifs is 1. The third-order valence-corrected chi connectivity index (χ3v) is 8.32. The number of carbonyl (C=O) groups excluding carboxylic acids is 3. The van der Waals surface area contributed by atoms with E-state index in [1.165, 1.54) is 10.9 Å². The van der Waals surface area contributed by atoms with Gasteiger partial charge in [0.15, 0.2) is 28.7 Å². The number of terminal acetylenes is 1. The number of carbonyl (C=O) groups is 3. The highest BCUT2D eigenvalue weighted by Gasteiger charge is 2.48. The number of nitrogens with one attached hydrogen (secondary N) is 1. The smallest absolute Gasteiger partial charge is 0.413 e. The Labute approximate surface area is 286 Å². The Morgan fingerprint density at radius 2 is 1.59 bits per heavy atom. The van der Waals surface area contributed by atoms with E-state index in [0.717, 1.165) is 64.2 Å². The van der Waals surface area contributed by atoms with Gasteiger partial charge >= 0.3 is 24.1 Å². The number of anilines is 1. The van der Waals surface area contributed by atoms with Crippen LogP contribution >= 0.6 is 0 Å². The van der Waals surface area contributed by atoms with Crippen molar-refractivity contribution in [3.8, 4) is 12.3 Å². The van der Waals surface area contributed by atoms with Crippen LogP contribution in [0.1, 0.15) is 116 Å². The van der Waals surface area contributed by atoms with Gasteiger partial charge in [-0.2, -0.15) is 14.4 Å². The fraction of sp³-hybridized carbons (Fsp3) is 0.706. The first kappa shape index (κ1) is 39.6. The van der Waals surface area contributed by atoms with Crippen LogP contribution in [0.5, 0.6) is 0 Å². The molecule has 49 heavy (non-hydrogen) atoms. The Morgan fingerprint density at radius 1 is 1.02 bits per heavy atom. The molecule has 0 aromatic carbocycles. The van der Waals surface area contributed by atoms with Crippen molar-refractivity contribution in [2.75, 3.05) is 25.1 Å². The molecule has 3 atom stereocenters. The molecule has 0 aliphatic carbocycles. The molecule has 2 aromatic heterocycles. The summed E-state index contributed by atoms with van der Waals surface area (Å²) in [7, 11) is 0. The maximum Gasteiger partial charge on any atom is 0.413 e. The summed E-state index contributed by atoms with van der Waals surface area (Å²) in [6.45, 7) is 2.88. The predicted molar refractivity (Wildman–Crippen MR) is 176 cm³/mol. The third kappa shape index (κ3) is 12.2. The van der Waals surface area contributed by atoms with Gasteiger partial charge in [0.1, 0.15) is 25.5 Å². The minimum Gasteiger partial charge on any atom is -0.462 e. The van der Waals surface area contributed by atoms with Crippen molar-refractivity contribution in [1.82, 2.24) is 19.5 Å². The van der Waals surface area contributed by atoms with E-state index in [4.69, 9.17) is 25.4 Å². The number of esters is 2. The molecule has 3 rings (SSSR count). The highest BCUT2D eigenvalue weighted by molar-refractivity contribution is 5.93. The molecule has 0 bridgehead atoms. The quantitative estimate of drug-likeness (QED) is 0.0488. The average Bonchev–Trinajstić information content (AvgIpc) is 3.66. The van der Waals surface area contributed by atoms with Gasteiger partial charge in [-0.05, 0) is 12.8 Å². The van der Waals surface area contributed by atoms with Crippen molar-refractivity contribution in [3.05, 3.63) is 12.4 Å². The van der Waals surface area contributed by atoms with Crippen LogP contribution in [0.4, 0.5) is 15.0 Å². The van der Waals surface area contributed by atoms with Crippen LogP contribution in [-0.2, 0) is 28.5 Å². The molecule has 1 saturated heterocycles. The molecule has 1 amide bonds. The summed E-state index contributed by atoms with van der Waals surface area (Å²) in [4.78, 5) is 49.3. The van der Waals surface area contributed by atoms with Crippen LogP contribution in [0.25, 0.3) is 11.2 Å². The van der Waals surface area contributed by atoms with E-state index < -0.39 is 54.8 Å². The van der Waals surface area contributed by atoms with E-state index in [1.54, 1.807) is 0 Å². The van der Waals surface area contributed by atoms with Crippen molar-refractivity contribution in [3.63, 3.8) is 0 Å². The summed E-state index contributed by atoms with van der Waals surface area (Å²) in [6.07, 6.45) is 13.4. The van der Waals surface area contributed by atoms with Crippen LogP contribution in [0.2, 0.25) is 0 Å². The van der Waals surface area contributed by atoms with E-state index in [-0.39, 0.29) is 49.5 Å². The Bertz CT molecular complexity index is 1370. The molecule has 2 aromatic rings. The number of aliphatic hydroxyl groups is 2. The largest absolute Gasteiger partial charge is 0.462 e. The zero-order valence-corrected chi connectivity index (χ0v) is 28.5. The maximum atomic E-state index is 14.6. The molecular weight excluding hydrogens is 641 g/mol. The van der Waals surface area contributed by atoms with Crippen molar-refractivity contribution < 1.29 is 47.9 Å². The standard InChI is InChI=1S/C34H50FN5O9/c1-4-7-9-11-13-15-17-27(43)46-20-24(21-47-28(44)18-16-14-12-10-8-5-2)48-33(45)38-30-29-31(39-32(35)37-30)40(23-36-29)26-19-25(42)34(6-3,22-41)49-26/h3,23-26,41-42H,4-5,7-22H2,1-2H3,(H,37,38,39,45)/t25-,26+,34+/m0/s1. The lowest BCUT2D eigenvalue weighted by molar-refractivity contribution is -0.152. The van der Waals surface area contributed by atoms with Gasteiger partial charge in [0.2, 0.25) is 0 Å². The highest BCUT2D eigenvalue weighted by Crippen LogP contribution is 2.38. The molecule has 3 heterocycles. The molecule has 0 unspecified atom stereocenters. The number of aromatic nitrogens is 4. The first-order chi connectivity index (χ1) is 23.7. The first-order valence-electron chi connectivity index (χ1n) is 17.3. The molecule has 0 radical (unpaired) electrons. The van der Waals surface area contributed by atoms with Crippen molar-refractivity contribution in [1.29, 1.82) is 0 Å². The number of imidazole rings is 1. The van der Waals surface area contributed by atoms with Crippen molar-refractivity contribution in [2.24, 2.45) is 0 Å². The molecule has 1 fully saturated rings. The van der Waals surface area contributed by atoms with Gasteiger partial charge in [0.05, 0.1) is 12.9 Å².